The van der Waals surface area contributed by atoms with Gasteiger partial charge < -0.3 is 4.90 Å². The molecular formula is C8H11ClN4O. The van der Waals surface area contributed by atoms with E-state index < -0.39 is 5.69 Å². The summed E-state index contributed by atoms with van der Waals surface area (Å²) in [4.78, 5) is 23.1. The number of anilines is 1. The third-order valence-electron chi connectivity index (χ3n) is 2.25. The zero-order chi connectivity index (χ0) is 9.97. The van der Waals surface area contributed by atoms with Crippen molar-refractivity contribution in [3.63, 3.8) is 0 Å². The summed E-state index contributed by atoms with van der Waals surface area (Å²) >= 11 is 5.64. The smallest absolute Gasteiger partial charge is 0.341 e. The zero-order valence-corrected chi connectivity index (χ0v) is 8.42. The van der Waals surface area contributed by atoms with Gasteiger partial charge in [-0.3, -0.25) is 4.98 Å². The molecule has 1 fully saturated rings. The van der Waals surface area contributed by atoms with Crippen molar-refractivity contribution in [2.24, 2.45) is 0 Å². The zero-order valence-electron chi connectivity index (χ0n) is 7.66. The number of nitrogens with one attached hydrogen (secondary N) is 1. The number of rotatable bonds is 1. The van der Waals surface area contributed by atoms with Crippen LogP contribution in [0, 0.1) is 0 Å². The molecule has 0 radical (unpaired) electrons. The number of hydrogen-bond acceptors (Lipinski definition) is 4. The van der Waals surface area contributed by atoms with Crippen LogP contribution in [0.5, 0.6) is 0 Å². The molecule has 0 saturated carbocycles. The first-order valence-corrected chi connectivity index (χ1v) is 5.02. The van der Waals surface area contributed by atoms with E-state index >= 15 is 0 Å². The van der Waals surface area contributed by atoms with E-state index in [9.17, 15) is 4.79 Å². The first-order chi connectivity index (χ1) is 6.75. The van der Waals surface area contributed by atoms with E-state index in [1.54, 1.807) is 0 Å². The van der Waals surface area contributed by atoms with Crippen LogP contribution in [0.1, 0.15) is 19.3 Å². The lowest BCUT2D eigenvalue weighted by Crippen LogP contribution is -2.33. The van der Waals surface area contributed by atoms with Crippen molar-refractivity contribution in [1.29, 1.82) is 0 Å². The summed E-state index contributed by atoms with van der Waals surface area (Å²) in [6.07, 6.45) is 3.47. The second-order valence-electron chi connectivity index (χ2n) is 3.29. The second kappa shape index (κ2) is 3.96. The average molecular weight is 215 g/mol. The summed E-state index contributed by atoms with van der Waals surface area (Å²) in [6.45, 7) is 1.81. The Kier molecular flexibility index (Phi) is 2.67. The molecule has 1 saturated heterocycles. The van der Waals surface area contributed by atoms with Gasteiger partial charge in [-0.05, 0) is 30.9 Å². The number of hydrogen-bond donors (Lipinski definition) is 1. The molecule has 2 heterocycles. The van der Waals surface area contributed by atoms with Gasteiger partial charge in [0.05, 0.1) is 0 Å². The van der Waals surface area contributed by atoms with E-state index in [0.717, 1.165) is 25.9 Å². The molecule has 1 N–H and O–H groups in total. The highest BCUT2D eigenvalue weighted by Crippen LogP contribution is 2.14. The highest BCUT2D eigenvalue weighted by Gasteiger charge is 2.14. The number of halogens is 1. The van der Waals surface area contributed by atoms with Gasteiger partial charge in [0, 0.05) is 13.1 Å². The Morgan fingerprint density at radius 2 is 1.93 bits per heavy atom. The highest BCUT2D eigenvalue weighted by atomic mass is 35.5. The minimum atomic E-state index is -0.439. The molecule has 5 nitrogen and oxygen atoms in total. The first-order valence-electron chi connectivity index (χ1n) is 4.64. The van der Waals surface area contributed by atoms with Crippen LogP contribution in [-0.4, -0.2) is 28.0 Å². The van der Waals surface area contributed by atoms with Crippen LogP contribution in [-0.2, 0) is 0 Å². The lowest BCUT2D eigenvalue weighted by atomic mass is 10.1. The molecule has 0 amide bonds. The van der Waals surface area contributed by atoms with Crippen LogP contribution in [0.25, 0.3) is 0 Å². The fourth-order valence-corrected chi connectivity index (χ4v) is 1.74. The van der Waals surface area contributed by atoms with E-state index in [0.29, 0.717) is 5.95 Å². The van der Waals surface area contributed by atoms with Gasteiger partial charge in [0.2, 0.25) is 11.2 Å². The third kappa shape index (κ3) is 2.04. The molecule has 1 aromatic rings. The Labute approximate surface area is 86.1 Å². The van der Waals surface area contributed by atoms with Crippen molar-refractivity contribution < 1.29 is 0 Å². The lowest BCUT2D eigenvalue weighted by molar-refractivity contribution is 0.566. The van der Waals surface area contributed by atoms with Crippen molar-refractivity contribution in [3.05, 3.63) is 15.8 Å². The fraction of sp³-hybridized carbons (Fsp3) is 0.625. The summed E-state index contributed by atoms with van der Waals surface area (Å²) in [5, 5.41) is 0.102. The van der Waals surface area contributed by atoms with Gasteiger partial charge in [-0.25, -0.2) is 4.79 Å². The lowest BCUT2D eigenvalue weighted by Gasteiger charge is -2.26. The number of piperidine rings is 1. The Balaban J connectivity index is 2.26. The molecular weight excluding hydrogens is 204 g/mol. The van der Waals surface area contributed by atoms with E-state index in [1.165, 1.54) is 6.42 Å². The molecule has 0 spiro atoms. The van der Waals surface area contributed by atoms with E-state index in [4.69, 9.17) is 11.6 Å². The maximum atomic E-state index is 11.0. The molecule has 1 aliphatic rings. The topological polar surface area (TPSA) is 61.9 Å². The monoisotopic (exact) mass is 214 g/mol. The fourth-order valence-electron chi connectivity index (χ4n) is 1.58. The molecule has 0 atom stereocenters. The van der Waals surface area contributed by atoms with Gasteiger partial charge in [-0.1, -0.05) is 0 Å². The number of aromatic amines is 1. The van der Waals surface area contributed by atoms with Crippen LogP contribution < -0.4 is 10.6 Å². The minimum absolute atomic E-state index is 0.102. The van der Waals surface area contributed by atoms with Crippen molar-refractivity contribution >= 4 is 17.5 Å². The number of aromatic nitrogens is 3. The Morgan fingerprint density at radius 1 is 1.21 bits per heavy atom. The second-order valence-corrected chi connectivity index (χ2v) is 3.65. The molecule has 76 valence electrons. The van der Waals surface area contributed by atoms with E-state index in [2.05, 4.69) is 15.0 Å². The molecule has 14 heavy (non-hydrogen) atoms. The highest BCUT2D eigenvalue weighted by molar-refractivity contribution is 6.28. The SMILES string of the molecule is O=c1nc(N2CCCCC2)nc(Cl)[nH]1. The molecule has 6 heteroatoms. The van der Waals surface area contributed by atoms with Gasteiger partial charge >= 0.3 is 5.69 Å². The van der Waals surface area contributed by atoms with Crippen molar-refractivity contribution in [2.75, 3.05) is 18.0 Å². The van der Waals surface area contributed by atoms with Gasteiger partial charge in [0.15, 0.2) is 0 Å². The standard InChI is InChI=1S/C8H11ClN4O/c9-6-10-7(12-8(14)11-6)13-4-2-1-3-5-13/h1-5H2,(H,10,11,12,14). The Morgan fingerprint density at radius 3 is 2.57 bits per heavy atom. The van der Waals surface area contributed by atoms with E-state index in [-0.39, 0.29) is 5.28 Å². The average Bonchev–Trinajstić information content (AvgIpc) is 2.18. The molecule has 1 aromatic heterocycles. The van der Waals surface area contributed by atoms with E-state index in [1.807, 2.05) is 4.90 Å². The molecule has 0 unspecified atom stereocenters. The largest absolute Gasteiger partial charge is 0.350 e. The maximum absolute atomic E-state index is 11.0. The summed E-state index contributed by atoms with van der Waals surface area (Å²) in [7, 11) is 0. The summed E-state index contributed by atoms with van der Waals surface area (Å²) in [5.74, 6) is 0.443. The van der Waals surface area contributed by atoms with Crippen LogP contribution in [0.3, 0.4) is 0 Å². The van der Waals surface area contributed by atoms with Crippen LogP contribution in [0.4, 0.5) is 5.95 Å². The Hall–Kier alpha value is -1.10. The van der Waals surface area contributed by atoms with Crippen LogP contribution in [0.2, 0.25) is 5.28 Å². The van der Waals surface area contributed by atoms with Crippen molar-refractivity contribution in [1.82, 2.24) is 15.0 Å². The molecule has 0 bridgehead atoms. The van der Waals surface area contributed by atoms with Crippen molar-refractivity contribution in [3.8, 4) is 0 Å². The molecule has 0 aliphatic carbocycles. The van der Waals surface area contributed by atoms with Gasteiger partial charge in [0.1, 0.15) is 0 Å². The summed E-state index contributed by atoms with van der Waals surface area (Å²) < 4.78 is 0. The molecule has 0 aromatic carbocycles. The quantitative estimate of drug-likeness (QED) is 0.752. The summed E-state index contributed by atoms with van der Waals surface area (Å²) in [6, 6.07) is 0. The minimum Gasteiger partial charge on any atom is -0.341 e. The third-order valence-corrected chi connectivity index (χ3v) is 2.43. The molecule has 1 aliphatic heterocycles. The molecule has 2 rings (SSSR count). The predicted molar refractivity (Wildman–Crippen MR) is 53.7 cm³/mol. The van der Waals surface area contributed by atoms with Crippen LogP contribution in [0.15, 0.2) is 4.79 Å². The first kappa shape index (κ1) is 9.45. The Bertz CT molecular complexity index is 372. The van der Waals surface area contributed by atoms with Gasteiger partial charge in [-0.15, -0.1) is 0 Å². The number of nitrogens with zero attached hydrogens (tertiary/aromatic N) is 3. The predicted octanol–water partition coefficient (Wildman–Crippen LogP) is 0.809. The number of H-pyrrole nitrogens is 1. The van der Waals surface area contributed by atoms with Gasteiger partial charge in [-0.2, -0.15) is 9.97 Å². The van der Waals surface area contributed by atoms with Crippen molar-refractivity contribution in [2.45, 2.75) is 19.3 Å². The summed E-state index contributed by atoms with van der Waals surface area (Å²) in [5.41, 5.74) is -0.439. The van der Waals surface area contributed by atoms with Crippen LogP contribution >= 0.6 is 11.6 Å². The van der Waals surface area contributed by atoms with Gasteiger partial charge in [0.25, 0.3) is 0 Å². The maximum Gasteiger partial charge on any atom is 0.350 e. The normalized spacial score (nSPS) is 17.1.